The molecule has 0 aliphatic carbocycles. The molecule has 2 aromatic carbocycles. The number of aromatic amines is 1. The number of nitrogens with zero attached hydrogens (tertiary/aromatic N) is 2. The van der Waals surface area contributed by atoms with Gasteiger partial charge < -0.3 is 19.4 Å². The van der Waals surface area contributed by atoms with Gasteiger partial charge in [-0.25, -0.2) is 4.79 Å². The molecule has 1 saturated heterocycles. The number of H-pyrrole nitrogens is 1. The summed E-state index contributed by atoms with van der Waals surface area (Å²) in [6, 6.07) is 13.8. The van der Waals surface area contributed by atoms with Gasteiger partial charge in [0.25, 0.3) is 5.56 Å². The van der Waals surface area contributed by atoms with Crippen LogP contribution in [0.25, 0.3) is 20.3 Å². The molecule has 0 radical (unpaired) electrons. The van der Waals surface area contributed by atoms with Crippen LogP contribution in [0.15, 0.2) is 52.1 Å². The van der Waals surface area contributed by atoms with Crippen LogP contribution in [0.1, 0.15) is 17.9 Å². The molecule has 8 heteroatoms. The second-order valence-electron chi connectivity index (χ2n) is 8.85. The fourth-order valence-electron chi connectivity index (χ4n) is 5.39. The summed E-state index contributed by atoms with van der Waals surface area (Å²) in [5.41, 5.74) is 1.29. The maximum absolute atomic E-state index is 13.1. The predicted octanol–water partition coefficient (Wildman–Crippen LogP) is 3.41. The van der Waals surface area contributed by atoms with Crippen molar-refractivity contribution in [3.05, 3.63) is 68.9 Å². The van der Waals surface area contributed by atoms with Crippen molar-refractivity contribution in [2.75, 3.05) is 33.4 Å². The number of thiophene rings is 1. The summed E-state index contributed by atoms with van der Waals surface area (Å²) in [6.45, 7) is 3.82. The summed E-state index contributed by atoms with van der Waals surface area (Å²) < 4.78 is 14.6. The maximum Gasteiger partial charge on any atom is 0.328 e. The van der Waals surface area contributed by atoms with Gasteiger partial charge in [-0.15, -0.1) is 11.3 Å². The Morgan fingerprint density at radius 3 is 2.88 bits per heavy atom. The Morgan fingerprint density at radius 2 is 2.00 bits per heavy atom. The van der Waals surface area contributed by atoms with Gasteiger partial charge in [-0.1, -0.05) is 24.3 Å². The molecule has 7 nitrogen and oxygen atoms in total. The maximum atomic E-state index is 13.1. The van der Waals surface area contributed by atoms with Crippen molar-refractivity contribution < 1.29 is 9.47 Å². The average molecular weight is 464 g/mol. The molecule has 1 fully saturated rings. The van der Waals surface area contributed by atoms with E-state index < -0.39 is 0 Å². The molecule has 0 saturated carbocycles. The van der Waals surface area contributed by atoms with Crippen LogP contribution in [-0.2, 0) is 6.54 Å². The molecule has 4 heterocycles. The molecule has 0 spiro atoms. The van der Waals surface area contributed by atoms with Crippen molar-refractivity contribution in [3.63, 3.8) is 0 Å². The molecule has 0 bridgehead atoms. The van der Waals surface area contributed by atoms with Crippen LogP contribution in [0.3, 0.4) is 0 Å². The third kappa shape index (κ3) is 3.36. The number of rotatable bonds is 5. The zero-order valence-electron chi connectivity index (χ0n) is 18.4. The van der Waals surface area contributed by atoms with E-state index in [4.69, 9.17) is 9.47 Å². The summed E-state index contributed by atoms with van der Waals surface area (Å²) in [5, 5.41) is 0.927. The predicted molar refractivity (Wildman–Crippen MR) is 130 cm³/mol. The van der Waals surface area contributed by atoms with Gasteiger partial charge in [-0.3, -0.25) is 9.36 Å². The van der Waals surface area contributed by atoms with Crippen molar-refractivity contribution in [3.8, 4) is 11.5 Å². The summed E-state index contributed by atoms with van der Waals surface area (Å²) in [4.78, 5) is 31.1. The first-order valence-corrected chi connectivity index (χ1v) is 12.1. The quantitative estimate of drug-likeness (QED) is 0.491. The summed E-state index contributed by atoms with van der Waals surface area (Å²) in [7, 11) is 1.70. The van der Waals surface area contributed by atoms with Crippen LogP contribution < -0.4 is 20.7 Å². The van der Waals surface area contributed by atoms with E-state index >= 15 is 0 Å². The first-order valence-electron chi connectivity index (χ1n) is 11.3. The van der Waals surface area contributed by atoms with Crippen LogP contribution in [0.5, 0.6) is 11.5 Å². The van der Waals surface area contributed by atoms with Crippen LogP contribution in [-0.4, -0.2) is 47.8 Å². The number of likely N-dealkylation sites (tertiary alicyclic amines) is 1. The van der Waals surface area contributed by atoms with Crippen molar-refractivity contribution in [1.82, 2.24) is 14.5 Å². The highest BCUT2D eigenvalue weighted by Gasteiger charge is 2.40. The van der Waals surface area contributed by atoms with E-state index in [1.54, 1.807) is 7.11 Å². The van der Waals surface area contributed by atoms with E-state index in [2.05, 4.69) is 9.88 Å². The van der Waals surface area contributed by atoms with Crippen LogP contribution >= 0.6 is 11.3 Å². The summed E-state index contributed by atoms with van der Waals surface area (Å²) >= 11 is 1.44. The van der Waals surface area contributed by atoms with Gasteiger partial charge >= 0.3 is 5.69 Å². The summed E-state index contributed by atoms with van der Waals surface area (Å²) in [6.07, 6.45) is 0.735. The topological polar surface area (TPSA) is 76.6 Å². The smallest absolute Gasteiger partial charge is 0.328 e. The Kier molecular flexibility index (Phi) is 4.99. The fraction of sp³-hybridized carbons (Fsp3) is 0.360. The van der Waals surface area contributed by atoms with Crippen molar-refractivity contribution in [2.24, 2.45) is 5.92 Å². The molecular formula is C25H25N3O4S. The number of methoxy groups -OCH3 is 1. The van der Waals surface area contributed by atoms with Gasteiger partial charge in [0.1, 0.15) is 16.2 Å². The van der Waals surface area contributed by atoms with Crippen molar-refractivity contribution in [2.45, 2.75) is 18.9 Å². The molecule has 2 atom stereocenters. The van der Waals surface area contributed by atoms with Crippen molar-refractivity contribution in [1.29, 1.82) is 0 Å². The molecule has 0 amide bonds. The van der Waals surface area contributed by atoms with E-state index in [9.17, 15) is 9.59 Å². The molecular weight excluding hydrogens is 438 g/mol. The monoisotopic (exact) mass is 463 g/mol. The van der Waals surface area contributed by atoms with Gasteiger partial charge in [0.2, 0.25) is 0 Å². The Labute approximate surface area is 194 Å². The van der Waals surface area contributed by atoms with Gasteiger partial charge in [-0.2, -0.15) is 0 Å². The highest BCUT2D eigenvalue weighted by Crippen LogP contribution is 2.46. The van der Waals surface area contributed by atoms with Gasteiger partial charge in [0.05, 0.1) is 19.2 Å². The second kappa shape index (κ2) is 8.04. The average Bonchev–Trinajstić information content (AvgIpc) is 3.42. The number of hydrogen-bond acceptors (Lipinski definition) is 6. The van der Waals surface area contributed by atoms with Crippen LogP contribution in [0, 0.1) is 5.92 Å². The Bertz CT molecular complexity index is 1460. The SMILES string of the molecule is COc1cccc2c1[C@@H]1CN(CCCn3c(=O)[nH]c4c(sc5ccccc54)c3=O)C[C@@H]1CO2. The van der Waals surface area contributed by atoms with Crippen molar-refractivity contribution >= 4 is 31.6 Å². The van der Waals surface area contributed by atoms with Gasteiger partial charge in [0, 0.05) is 47.1 Å². The number of ether oxygens (including phenoxy) is 2. The molecule has 2 aliphatic rings. The number of fused-ring (bicyclic) bond motifs is 6. The van der Waals surface area contributed by atoms with Crippen LogP contribution in [0.2, 0.25) is 0 Å². The highest BCUT2D eigenvalue weighted by molar-refractivity contribution is 7.25. The number of aromatic nitrogens is 2. The lowest BCUT2D eigenvalue weighted by molar-refractivity contribution is 0.209. The number of nitrogens with one attached hydrogen (secondary N) is 1. The molecule has 2 aliphatic heterocycles. The van der Waals surface area contributed by atoms with E-state index in [-0.39, 0.29) is 11.2 Å². The minimum absolute atomic E-state index is 0.197. The molecule has 2 aromatic heterocycles. The normalized spacial score (nSPS) is 20.0. The molecule has 6 rings (SSSR count). The number of hydrogen-bond donors (Lipinski definition) is 1. The van der Waals surface area contributed by atoms with Gasteiger partial charge in [0.15, 0.2) is 0 Å². The Hall–Kier alpha value is -3.10. The highest BCUT2D eigenvalue weighted by atomic mass is 32.1. The van der Waals surface area contributed by atoms with E-state index in [0.29, 0.717) is 35.2 Å². The molecule has 4 aromatic rings. The summed E-state index contributed by atoms with van der Waals surface area (Å²) in [5.74, 6) is 2.62. The van der Waals surface area contributed by atoms with E-state index in [1.165, 1.54) is 21.5 Å². The first kappa shape index (κ1) is 20.5. The number of benzene rings is 2. The molecule has 1 N–H and O–H groups in total. The molecule has 170 valence electrons. The fourth-order valence-corrected chi connectivity index (χ4v) is 6.50. The Morgan fingerprint density at radius 1 is 1.12 bits per heavy atom. The lowest BCUT2D eigenvalue weighted by Crippen LogP contribution is -2.35. The second-order valence-corrected chi connectivity index (χ2v) is 9.90. The minimum atomic E-state index is -0.335. The Balaban J connectivity index is 1.19. The lowest BCUT2D eigenvalue weighted by Gasteiger charge is -2.29. The lowest BCUT2D eigenvalue weighted by atomic mass is 9.86. The van der Waals surface area contributed by atoms with E-state index in [1.807, 2.05) is 42.5 Å². The minimum Gasteiger partial charge on any atom is -0.496 e. The largest absolute Gasteiger partial charge is 0.496 e. The van der Waals surface area contributed by atoms with Crippen LogP contribution in [0.4, 0.5) is 0 Å². The third-order valence-electron chi connectivity index (χ3n) is 6.95. The molecule has 33 heavy (non-hydrogen) atoms. The zero-order valence-corrected chi connectivity index (χ0v) is 19.2. The molecule has 0 unspecified atom stereocenters. The zero-order chi connectivity index (χ0) is 22.5. The van der Waals surface area contributed by atoms with Gasteiger partial charge in [-0.05, 0) is 31.2 Å². The standard InChI is InChI=1S/C25H25N3O4S/c1-31-18-7-4-8-19-21(18)17-13-27(12-15(17)14-32-19)10-5-11-28-24(29)23-22(26-25(28)30)16-6-2-3-9-20(16)33-23/h2-4,6-9,15,17H,5,10-14H2,1H3,(H,26,30)/t15-,17-/m1/s1. The third-order valence-corrected chi connectivity index (χ3v) is 8.11. The first-order chi connectivity index (χ1) is 16.1. The van der Waals surface area contributed by atoms with E-state index in [0.717, 1.165) is 47.6 Å².